The molecule has 1 aliphatic rings. The summed E-state index contributed by atoms with van der Waals surface area (Å²) in [6, 6.07) is 5.12. The lowest BCUT2D eigenvalue weighted by molar-refractivity contribution is 0.0855. The smallest absolute Gasteiger partial charge is 0.165 e. The predicted molar refractivity (Wildman–Crippen MR) is 75.7 cm³/mol. The summed E-state index contributed by atoms with van der Waals surface area (Å²) in [4.78, 5) is 0. The Hall–Kier alpha value is -0.570. The zero-order valence-corrected chi connectivity index (χ0v) is 12.4. The summed E-state index contributed by atoms with van der Waals surface area (Å²) in [5, 5.41) is 0.629. The normalized spacial score (nSPS) is 23.9. The van der Waals surface area contributed by atoms with E-state index in [1.54, 1.807) is 6.07 Å². The molecule has 0 bridgehead atoms. The molecule has 1 fully saturated rings. The fourth-order valence-corrected chi connectivity index (χ4v) is 3.18. The highest BCUT2D eigenvalue weighted by Crippen LogP contribution is 2.33. The van der Waals surface area contributed by atoms with Crippen LogP contribution in [0.3, 0.4) is 0 Å². The van der Waals surface area contributed by atoms with E-state index in [2.05, 4.69) is 22.9 Å². The molecule has 18 heavy (non-hydrogen) atoms. The first-order chi connectivity index (χ1) is 8.76. The van der Waals surface area contributed by atoms with Gasteiger partial charge >= 0.3 is 0 Å². The third kappa shape index (κ3) is 3.05. The number of halogens is 2. The van der Waals surface area contributed by atoms with Crippen molar-refractivity contribution in [3.05, 3.63) is 29.6 Å². The van der Waals surface area contributed by atoms with Gasteiger partial charge in [-0.2, -0.15) is 0 Å². The van der Waals surface area contributed by atoms with E-state index in [1.807, 2.05) is 6.07 Å². The third-order valence-corrected chi connectivity index (χ3v) is 4.43. The maximum absolute atomic E-state index is 13.9. The molecule has 1 aromatic carbocycles. The Kier molecular flexibility index (Phi) is 5.04. The molecule has 1 nitrogen and oxygen atoms in total. The van der Waals surface area contributed by atoms with Crippen molar-refractivity contribution in [1.82, 2.24) is 0 Å². The first-order valence-electron chi connectivity index (χ1n) is 6.76. The molecule has 2 rings (SSSR count). The standard InChI is InChI=1S/C15H20BrFO/c1-2-11-6-3-4-9-14(11)18-15-12(10-16)7-5-8-13(15)17/h5,7-8,11,14H,2-4,6,9-10H2,1H3. The second-order valence-corrected chi connectivity index (χ2v) is 5.53. The molecule has 0 spiro atoms. The van der Waals surface area contributed by atoms with Crippen LogP contribution < -0.4 is 4.74 Å². The Balaban J connectivity index is 2.17. The molecule has 0 N–H and O–H groups in total. The highest BCUT2D eigenvalue weighted by Gasteiger charge is 2.26. The topological polar surface area (TPSA) is 9.23 Å². The fourth-order valence-electron chi connectivity index (χ4n) is 2.74. The van der Waals surface area contributed by atoms with Gasteiger partial charge in [0.25, 0.3) is 0 Å². The number of hydrogen-bond acceptors (Lipinski definition) is 1. The SMILES string of the molecule is CCC1CCCCC1Oc1c(F)cccc1CBr. The molecular formula is C15H20BrFO. The van der Waals surface area contributed by atoms with Crippen LogP contribution in [0.25, 0.3) is 0 Å². The van der Waals surface area contributed by atoms with E-state index in [4.69, 9.17) is 4.74 Å². The molecule has 0 aromatic heterocycles. The van der Waals surface area contributed by atoms with Gasteiger partial charge in [0.05, 0.1) is 0 Å². The molecule has 0 saturated heterocycles. The summed E-state index contributed by atoms with van der Waals surface area (Å²) in [6.07, 6.45) is 6.02. The van der Waals surface area contributed by atoms with Crippen LogP contribution in [0.15, 0.2) is 18.2 Å². The van der Waals surface area contributed by atoms with Crippen molar-refractivity contribution >= 4 is 15.9 Å². The first kappa shape index (κ1) is 13.9. The molecule has 1 saturated carbocycles. The molecule has 1 aliphatic carbocycles. The summed E-state index contributed by atoms with van der Waals surface area (Å²) in [5.41, 5.74) is 0.899. The number of hydrogen-bond donors (Lipinski definition) is 0. The second kappa shape index (κ2) is 6.55. The average Bonchev–Trinajstić information content (AvgIpc) is 2.41. The molecule has 3 heteroatoms. The number of ether oxygens (including phenoxy) is 1. The van der Waals surface area contributed by atoms with Gasteiger partial charge in [-0.25, -0.2) is 4.39 Å². The number of alkyl halides is 1. The van der Waals surface area contributed by atoms with Crippen molar-refractivity contribution in [1.29, 1.82) is 0 Å². The van der Waals surface area contributed by atoms with Crippen molar-refractivity contribution in [3.63, 3.8) is 0 Å². The van der Waals surface area contributed by atoms with Gasteiger partial charge in [0, 0.05) is 10.9 Å². The highest BCUT2D eigenvalue weighted by molar-refractivity contribution is 9.08. The first-order valence-corrected chi connectivity index (χ1v) is 7.88. The van der Waals surface area contributed by atoms with E-state index in [1.165, 1.54) is 25.3 Å². The summed E-state index contributed by atoms with van der Waals surface area (Å²) in [5.74, 6) is 0.772. The Morgan fingerprint density at radius 3 is 2.83 bits per heavy atom. The van der Waals surface area contributed by atoms with Crippen LogP contribution in [0.5, 0.6) is 5.75 Å². The Morgan fingerprint density at radius 1 is 1.33 bits per heavy atom. The lowest BCUT2D eigenvalue weighted by Gasteiger charge is -2.31. The summed E-state index contributed by atoms with van der Waals surface area (Å²) in [7, 11) is 0. The predicted octanol–water partition coefficient (Wildman–Crippen LogP) is 5.07. The van der Waals surface area contributed by atoms with Crippen LogP contribution in [0.1, 0.15) is 44.6 Å². The maximum Gasteiger partial charge on any atom is 0.165 e. The second-order valence-electron chi connectivity index (χ2n) is 4.97. The van der Waals surface area contributed by atoms with Crippen molar-refractivity contribution in [2.75, 3.05) is 0 Å². The quantitative estimate of drug-likeness (QED) is 0.705. The molecule has 2 atom stereocenters. The summed E-state index contributed by atoms with van der Waals surface area (Å²) < 4.78 is 19.9. The van der Waals surface area contributed by atoms with Crippen LogP contribution in [0.2, 0.25) is 0 Å². The largest absolute Gasteiger partial charge is 0.487 e. The lowest BCUT2D eigenvalue weighted by atomic mass is 9.84. The van der Waals surface area contributed by atoms with E-state index in [0.29, 0.717) is 17.0 Å². The van der Waals surface area contributed by atoms with E-state index < -0.39 is 0 Å². The number of para-hydroxylation sites is 1. The average molecular weight is 315 g/mol. The molecule has 100 valence electrons. The molecule has 2 unspecified atom stereocenters. The lowest BCUT2D eigenvalue weighted by Crippen LogP contribution is -2.30. The Bertz CT molecular complexity index is 394. The van der Waals surface area contributed by atoms with Gasteiger partial charge in [-0.15, -0.1) is 0 Å². The zero-order chi connectivity index (χ0) is 13.0. The Morgan fingerprint density at radius 2 is 2.11 bits per heavy atom. The van der Waals surface area contributed by atoms with Crippen molar-refractivity contribution in [2.24, 2.45) is 5.92 Å². The van der Waals surface area contributed by atoms with Crippen molar-refractivity contribution in [3.8, 4) is 5.75 Å². The molecular weight excluding hydrogens is 295 g/mol. The van der Waals surface area contributed by atoms with Crippen LogP contribution in [-0.2, 0) is 5.33 Å². The molecule has 1 aromatic rings. The van der Waals surface area contributed by atoms with Crippen LogP contribution in [0.4, 0.5) is 4.39 Å². The third-order valence-electron chi connectivity index (χ3n) is 3.83. The van der Waals surface area contributed by atoms with Gasteiger partial charge in [-0.1, -0.05) is 41.4 Å². The minimum absolute atomic E-state index is 0.179. The van der Waals surface area contributed by atoms with E-state index in [9.17, 15) is 4.39 Å². The molecule has 0 amide bonds. The van der Waals surface area contributed by atoms with E-state index >= 15 is 0 Å². The Labute approximate surface area is 117 Å². The van der Waals surface area contributed by atoms with Gasteiger partial charge in [-0.3, -0.25) is 0 Å². The molecule has 0 aliphatic heterocycles. The minimum Gasteiger partial charge on any atom is -0.487 e. The van der Waals surface area contributed by atoms with Gasteiger partial charge in [-0.05, 0) is 37.7 Å². The molecule has 0 radical (unpaired) electrons. The summed E-state index contributed by atoms with van der Waals surface area (Å²) >= 11 is 3.39. The highest BCUT2D eigenvalue weighted by atomic mass is 79.9. The van der Waals surface area contributed by atoms with E-state index in [0.717, 1.165) is 18.4 Å². The number of rotatable bonds is 4. The maximum atomic E-state index is 13.9. The van der Waals surface area contributed by atoms with Crippen molar-refractivity contribution < 1.29 is 9.13 Å². The van der Waals surface area contributed by atoms with Gasteiger partial charge < -0.3 is 4.74 Å². The van der Waals surface area contributed by atoms with Crippen LogP contribution >= 0.6 is 15.9 Å². The van der Waals surface area contributed by atoms with Gasteiger partial charge in [0.1, 0.15) is 6.10 Å². The van der Waals surface area contributed by atoms with Crippen LogP contribution in [-0.4, -0.2) is 6.10 Å². The monoisotopic (exact) mass is 314 g/mol. The summed E-state index contributed by atoms with van der Waals surface area (Å²) in [6.45, 7) is 2.19. The van der Waals surface area contributed by atoms with Crippen LogP contribution in [0, 0.1) is 11.7 Å². The minimum atomic E-state index is -0.243. The van der Waals surface area contributed by atoms with Gasteiger partial charge in [0.15, 0.2) is 11.6 Å². The van der Waals surface area contributed by atoms with Crippen molar-refractivity contribution in [2.45, 2.75) is 50.5 Å². The molecule has 0 heterocycles. The van der Waals surface area contributed by atoms with E-state index in [-0.39, 0.29) is 11.9 Å². The fraction of sp³-hybridized carbons (Fsp3) is 0.600. The number of benzene rings is 1. The van der Waals surface area contributed by atoms with Gasteiger partial charge in [0.2, 0.25) is 0 Å². The zero-order valence-electron chi connectivity index (χ0n) is 10.8.